The van der Waals surface area contributed by atoms with Gasteiger partial charge in [0.2, 0.25) is 0 Å². The van der Waals surface area contributed by atoms with E-state index in [1.165, 1.54) is 29.5 Å². The molecule has 10 nitrogen and oxygen atoms in total. The highest BCUT2D eigenvalue weighted by Crippen LogP contribution is 2.40. The molecule has 1 saturated heterocycles. The highest BCUT2D eigenvalue weighted by atomic mass is 35.5. The standard InChI is InChI=1S/C25H21ClN6O4S/c1-35-19-5-4-14(26)8-16(19)15-9-20(32-6-7-36-12-21(32)33)27-10-17(15)23(34)31-25-30-22-24(37-25)29-18(11-28-22)13-2-3-13/h4-5,8-11,13H,2-3,6-7,12H2,1H3,(H,28,30,31,34). The van der Waals surface area contributed by atoms with Gasteiger partial charge in [-0.2, -0.15) is 4.98 Å². The first-order chi connectivity index (χ1) is 18.0. The zero-order chi connectivity index (χ0) is 25.5. The number of pyridine rings is 1. The van der Waals surface area contributed by atoms with E-state index in [4.69, 9.17) is 21.1 Å². The molecule has 4 heterocycles. The van der Waals surface area contributed by atoms with Gasteiger partial charge in [0.05, 0.1) is 37.7 Å². The summed E-state index contributed by atoms with van der Waals surface area (Å²) in [6.45, 7) is 0.730. The lowest BCUT2D eigenvalue weighted by Gasteiger charge is -2.26. The number of rotatable bonds is 6. The molecule has 1 saturated carbocycles. The molecule has 0 bridgehead atoms. The Morgan fingerprint density at radius 2 is 2.05 bits per heavy atom. The van der Waals surface area contributed by atoms with E-state index in [1.54, 1.807) is 30.5 Å². The Kier molecular flexibility index (Phi) is 6.19. The van der Waals surface area contributed by atoms with Crippen LogP contribution < -0.4 is 15.0 Å². The van der Waals surface area contributed by atoms with Crippen LogP contribution in [0.15, 0.2) is 36.7 Å². The predicted octanol–water partition coefficient (Wildman–Crippen LogP) is 4.30. The summed E-state index contributed by atoms with van der Waals surface area (Å²) in [4.78, 5) is 46.1. The summed E-state index contributed by atoms with van der Waals surface area (Å²) < 4.78 is 10.8. The second-order valence-corrected chi connectivity index (χ2v) is 10.1. The van der Waals surface area contributed by atoms with Crippen molar-refractivity contribution >= 4 is 56.2 Å². The number of hydrogen-bond donors (Lipinski definition) is 1. The van der Waals surface area contributed by atoms with E-state index in [0.29, 0.717) is 62.4 Å². The number of nitrogens with zero attached hydrogens (tertiary/aromatic N) is 5. The van der Waals surface area contributed by atoms with Crippen molar-refractivity contribution in [3.05, 3.63) is 52.9 Å². The molecule has 12 heteroatoms. The normalized spacial score (nSPS) is 15.7. The van der Waals surface area contributed by atoms with Gasteiger partial charge in [0, 0.05) is 28.3 Å². The van der Waals surface area contributed by atoms with E-state index in [2.05, 4.69) is 25.3 Å². The Morgan fingerprint density at radius 1 is 1.19 bits per heavy atom. The van der Waals surface area contributed by atoms with Crippen molar-refractivity contribution in [1.29, 1.82) is 0 Å². The van der Waals surface area contributed by atoms with Crippen molar-refractivity contribution in [2.45, 2.75) is 18.8 Å². The Morgan fingerprint density at radius 3 is 2.84 bits per heavy atom. The molecule has 6 rings (SSSR count). The van der Waals surface area contributed by atoms with Crippen LogP contribution in [0.25, 0.3) is 21.6 Å². The van der Waals surface area contributed by atoms with Crippen LogP contribution in [-0.4, -0.2) is 58.6 Å². The Balaban J connectivity index is 1.38. The highest BCUT2D eigenvalue weighted by Gasteiger charge is 2.27. The van der Waals surface area contributed by atoms with Crippen LogP contribution in [0.1, 0.15) is 34.8 Å². The van der Waals surface area contributed by atoms with Gasteiger partial charge < -0.3 is 9.47 Å². The zero-order valence-corrected chi connectivity index (χ0v) is 21.3. The molecule has 3 aromatic heterocycles. The van der Waals surface area contributed by atoms with Gasteiger partial charge in [0.25, 0.3) is 11.8 Å². The third kappa shape index (κ3) is 4.73. The average molecular weight is 537 g/mol. The molecular formula is C25H21ClN6O4S. The SMILES string of the molecule is COc1ccc(Cl)cc1-c1cc(N2CCOCC2=O)ncc1C(=O)Nc1nc2ncc(C3CC3)nc2s1. The maximum atomic E-state index is 13.5. The number of nitrogens with one attached hydrogen (secondary N) is 1. The molecule has 1 aromatic carbocycles. The van der Waals surface area contributed by atoms with Gasteiger partial charge in [-0.25, -0.2) is 15.0 Å². The molecule has 0 atom stereocenters. The minimum Gasteiger partial charge on any atom is -0.496 e. The van der Waals surface area contributed by atoms with Crippen LogP contribution in [0.2, 0.25) is 5.02 Å². The van der Waals surface area contributed by atoms with Crippen LogP contribution in [-0.2, 0) is 9.53 Å². The second-order valence-electron chi connectivity index (χ2n) is 8.70. The fourth-order valence-corrected chi connectivity index (χ4v) is 5.15. The molecule has 188 valence electrons. The van der Waals surface area contributed by atoms with Gasteiger partial charge in [-0.3, -0.25) is 19.8 Å². The summed E-state index contributed by atoms with van der Waals surface area (Å²) in [7, 11) is 1.54. The summed E-state index contributed by atoms with van der Waals surface area (Å²) in [6.07, 6.45) is 5.44. The predicted molar refractivity (Wildman–Crippen MR) is 140 cm³/mol. The number of thiazole rings is 1. The van der Waals surface area contributed by atoms with E-state index in [1.807, 2.05) is 0 Å². The number of benzene rings is 1. The molecular weight excluding hydrogens is 516 g/mol. The number of aromatic nitrogens is 4. The van der Waals surface area contributed by atoms with Crippen molar-refractivity contribution in [2.75, 3.05) is 37.1 Å². The Labute approximate surface area is 220 Å². The zero-order valence-electron chi connectivity index (χ0n) is 19.7. The third-order valence-electron chi connectivity index (χ3n) is 6.21. The number of carbonyl (C=O) groups is 2. The minimum absolute atomic E-state index is 0.0259. The lowest BCUT2D eigenvalue weighted by molar-refractivity contribution is -0.125. The number of carbonyl (C=O) groups excluding carboxylic acids is 2. The van der Waals surface area contributed by atoms with E-state index in [9.17, 15) is 9.59 Å². The van der Waals surface area contributed by atoms with Gasteiger partial charge in [-0.1, -0.05) is 22.9 Å². The van der Waals surface area contributed by atoms with Crippen molar-refractivity contribution in [3.8, 4) is 16.9 Å². The van der Waals surface area contributed by atoms with Crippen LogP contribution in [0.5, 0.6) is 5.75 Å². The van der Waals surface area contributed by atoms with Crippen molar-refractivity contribution in [3.63, 3.8) is 0 Å². The number of ether oxygens (including phenoxy) is 2. The van der Waals surface area contributed by atoms with E-state index in [0.717, 1.165) is 18.5 Å². The topological polar surface area (TPSA) is 119 Å². The first-order valence-electron chi connectivity index (χ1n) is 11.7. The van der Waals surface area contributed by atoms with Gasteiger partial charge in [-0.05, 0) is 37.1 Å². The Hall–Kier alpha value is -3.67. The van der Waals surface area contributed by atoms with Gasteiger partial charge in [0.1, 0.15) is 18.2 Å². The maximum Gasteiger partial charge on any atom is 0.259 e. The lowest BCUT2D eigenvalue weighted by atomic mass is 9.99. The smallest absolute Gasteiger partial charge is 0.259 e. The number of morpholine rings is 1. The van der Waals surface area contributed by atoms with Crippen molar-refractivity contribution in [1.82, 2.24) is 19.9 Å². The summed E-state index contributed by atoms with van der Waals surface area (Å²) in [5, 5.41) is 3.71. The van der Waals surface area contributed by atoms with Crippen LogP contribution in [0.3, 0.4) is 0 Å². The van der Waals surface area contributed by atoms with Crippen LogP contribution in [0.4, 0.5) is 10.9 Å². The fraction of sp³-hybridized carbons (Fsp3) is 0.280. The maximum absolute atomic E-state index is 13.5. The lowest BCUT2D eigenvalue weighted by Crippen LogP contribution is -2.42. The van der Waals surface area contributed by atoms with E-state index >= 15 is 0 Å². The number of halogens is 1. The largest absolute Gasteiger partial charge is 0.496 e. The van der Waals surface area contributed by atoms with Crippen molar-refractivity contribution in [2.24, 2.45) is 0 Å². The average Bonchev–Trinajstić information content (AvgIpc) is 3.68. The summed E-state index contributed by atoms with van der Waals surface area (Å²) >= 11 is 7.57. The van der Waals surface area contributed by atoms with Gasteiger partial charge in [0.15, 0.2) is 15.6 Å². The summed E-state index contributed by atoms with van der Waals surface area (Å²) in [5.41, 5.74) is 2.81. The number of hydrogen-bond acceptors (Lipinski definition) is 9. The quantitative estimate of drug-likeness (QED) is 0.387. The third-order valence-corrected chi connectivity index (χ3v) is 7.30. The molecule has 2 aliphatic rings. The van der Waals surface area contributed by atoms with Gasteiger partial charge >= 0.3 is 0 Å². The molecule has 1 N–H and O–H groups in total. The van der Waals surface area contributed by atoms with E-state index in [-0.39, 0.29) is 18.1 Å². The van der Waals surface area contributed by atoms with Crippen LogP contribution >= 0.6 is 22.9 Å². The second kappa shape index (κ2) is 9.66. The fourth-order valence-electron chi connectivity index (χ4n) is 4.17. The molecule has 37 heavy (non-hydrogen) atoms. The first-order valence-corrected chi connectivity index (χ1v) is 12.9. The van der Waals surface area contributed by atoms with Crippen molar-refractivity contribution < 1.29 is 19.1 Å². The molecule has 1 aliphatic heterocycles. The Bertz CT molecular complexity index is 1540. The number of amides is 2. The van der Waals surface area contributed by atoms with Crippen LogP contribution in [0, 0.1) is 0 Å². The van der Waals surface area contributed by atoms with E-state index < -0.39 is 5.91 Å². The summed E-state index contributed by atoms with van der Waals surface area (Å²) in [5.74, 6) is 0.758. The van der Waals surface area contributed by atoms with Gasteiger partial charge in [-0.15, -0.1) is 0 Å². The molecule has 0 spiro atoms. The summed E-state index contributed by atoms with van der Waals surface area (Å²) in [6, 6.07) is 6.83. The molecule has 1 aliphatic carbocycles. The number of anilines is 2. The molecule has 2 fully saturated rings. The molecule has 0 radical (unpaired) electrons. The highest BCUT2D eigenvalue weighted by molar-refractivity contribution is 7.21. The monoisotopic (exact) mass is 536 g/mol. The molecule has 2 amide bonds. The molecule has 0 unspecified atom stereocenters. The first kappa shape index (κ1) is 23.7. The minimum atomic E-state index is -0.425. The number of methoxy groups -OCH3 is 1. The molecule has 4 aromatic rings. The number of fused-ring (bicyclic) bond motifs is 1.